The van der Waals surface area contributed by atoms with Crippen LogP contribution in [0.25, 0.3) is 11.1 Å². The lowest BCUT2D eigenvalue weighted by Gasteiger charge is -2.08. The van der Waals surface area contributed by atoms with Gasteiger partial charge in [0.25, 0.3) is 0 Å². The smallest absolute Gasteiger partial charge is 0.127 e. The van der Waals surface area contributed by atoms with Gasteiger partial charge in [-0.3, -0.25) is 4.98 Å². The van der Waals surface area contributed by atoms with Gasteiger partial charge in [0.2, 0.25) is 0 Å². The van der Waals surface area contributed by atoms with Crippen molar-refractivity contribution in [3.8, 4) is 17.2 Å². The number of nitrogens with zero attached hydrogens (tertiary/aromatic N) is 2. The summed E-state index contributed by atoms with van der Waals surface area (Å²) in [6.45, 7) is 3.42. The highest BCUT2D eigenvalue weighted by atomic mass is 19.1. The van der Waals surface area contributed by atoms with Gasteiger partial charge in [0.1, 0.15) is 11.9 Å². The van der Waals surface area contributed by atoms with Gasteiger partial charge < -0.3 is 5.32 Å². The molecule has 4 heteroatoms. The van der Waals surface area contributed by atoms with Crippen LogP contribution in [0, 0.1) is 17.1 Å². The maximum absolute atomic E-state index is 13.8. The molecule has 0 radical (unpaired) electrons. The third-order valence-electron chi connectivity index (χ3n) is 2.99. The number of benzene rings is 1. The molecule has 0 amide bonds. The number of halogens is 1. The minimum absolute atomic E-state index is 0.221. The zero-order chi connectivity index (χ0) is 14.4. The molecule has 0 aliphatic heterocycles. The molecule has 1 N–H and O–H groups in total. The van der Waals surface area contributed by atoms with Gasteiger partial charge in [-0.1, -0.05) is 13.0 Å². The van der Waals surface area contributed by atoms with Crippen LogP contribution in [0.15, 0.2) is 36.7 Å². The van der Waals surface area contributed by atoms with Crippen LogP contribution >= 0.6 is 0 Å². The van der Waals surface area contributed by atoms with Crippen molar-refractivity contribution >= 4 is 0 Å². The van der Waals surface area contributed by atoms with Crippen molar-refractivity contribution in [3.63, 3.8) is 0 Å². The van der Waals surface area contributed by atoms with E-state index in [-0.39, 0.29) is 5.82 Å². The van der Waals surface area contributed by atoms with Crippen molar-refractivity contribution < 1.29 is 4.39 Å². The molecule has 0 aliphatic rings. The van der Waals surface area contributed by atoms with Gasteiger partial charge in [-0.25, -0.2) is 4.39 Å². The van der Waals surface area contributed by atoms with Crippen LogP contribution in [0.2, 0.25) is 0 Å². The second-order valence-electron chi connectivity index (χ2n) is 4.56. The fraction of sp³-hybridized carbons (Fsp3) is 0.250. The van der Waals surface area contributed by atoms with E-state index < -0.39 is 0 Å². The molecule has 0 aliphatic carbocycles. The third kappa shape index (κ3) is 3.40. The van der Waals surface area contributed by atoms with Crippen molar-refractivity contribution in [1.29, 1.82) is 5.26 Å². The lowest BCUT2D eigenvalue weighted by atomic mass is 10.0. The average molecular weight is 269 g/mol. The standard InChI is InChI=1S/C16H16FN3/c1-2-5-19-11-15-7-13(3-4-16(15)17)14-6-12(8-18)9-20-10-14/h3-4,6-7,9-10,19H,2,5,11H2,1H3. The Morgan fingerprint density at radius 3 is 2.85 bits per heavy atom. The minimum atomic E-state index is -0.221. The summed E-state index contributed by atoms with van der Waals surface area (Å²) in [5, 5.41) is 12.1. The molecule has 0 bridgehead atoms. The fourth-order valence-electron chi connectivity index (χ4n) is 1.95. The molecule has 1 aromatic carbocycles. The molecule has 0 fully saturated rings. The lowest BCUT2D eigenvalue weighted by Crippen LogP contribution is -2.14. The highest BCUT2D eigenvalue weighted by molar-refractivity contribution is 5.64. The van der Waals surface area contributed by atoms with Crippen LogP contribution in [0.5, 0.6) is 0 Å². The van der Waals surface area contributed by atoms with Gasteiger partial charge in [0, 0.05) is 30.1 Å². The van der Waals surface area contributed by atoms with Crippen LogP contribution in [-0.2, 0) is 6.54 Å². The molecule has 0 spiro atoms. The number of nitrogens with one attached hydrogen (secondary N) is 1. The number of hydrogen-bond acceptors (Lipinski definition) is 3. The Bertz CT molecular complexity index is 632. The van der Waals surface area contributed by atoms with Crippen LogP contribution in [0.1, 0.15) is 24.5 Å². The molecule has 2 aromatic rings. The summed E-state index contributed by atoms with van der Waals surface area (Å²) >= 11 is 0. The maximum atomic E-state index is 13.8. The summed E-state index contributed by atoms with van der Waals surface area (Å²) in [6.07, 6.45) is 4.20. The Morgan fingerprint density at radius 2 is 2.10 bits per heavy atom. The molecule has 2 rings (SSSR count). The van der Waals surface area contributed by atoms with Gasteiger partial charge in [-0.2, -0.15) is 5.26 Å². The normalized spacial score (nSPS) is 10.2. The Labute approximate surface area is 118 Å². The third-order valence-corrected chi connectivity index (χ3v) is 2.99. The van der Waals surface area contributed by atoms with E-state index in [0.717, 1.165) is 24.1 Å². The van der Waals surface area contributed by atoms with Gasteiger partial charge in [0.15, 0.2) is 0 Å². The number of aromatic nitrogens is 1. The number of rotatable bonds is 5. The largest absolute Gasteiger partial charge is 0.313 e. The first-order valence-electron chi connectivity index (χ1n) is 6.59. The van der Waals surface area contributed by atoms with E-state index >= 15 is 0 Å². The Morgan fingerprint density at radius 1 is 1.25 bits per heavy atom. The molecular formula is C16H16FN3. The summed E-state index contributed by atoms with van der Waals surface area (Å²) in [5.41, 5.74) is 2.81. The first kappa shape index (κ1) is 14.2. The zero-order valence-electron chi connectivity index (χ0n) is 11.4. The minimum Gasteiger partial charge on any atom is -0.313 e. The number of pyridine rings is 1. The predicted octanol–water partition coefficient (Wildman–Crippen LogP) is 3.26. The zero-order valence-corrected chi connectivity index (χ0v) is 11.4. The molecule has 0 saturated carbocycles. The van der Waals surface area contributed by atoms with Gasteiger partial charge in [-0.05, 0) is 36.7 Å². The summed E-state index contributed by atoms with van der Waals surface area (Å²) in [4.78, 5) is 4.03. The SMILES string of the molecule is CCCNCc1cc(-c2cncc(C#N)c2)ccc1F. The van der Waals surface area contributed by atoms with Crippen molar-refractivity contribution in [2.75, 3.05) is 6.54 Å². The maximum Gasteiger partial charge on any atom is 0.127 e. The van der Waals surface area contributed by atoms with Crippen LogP contribution in [0.3, 0.4) is 0 Å². The first-order valence-corrected chi connectivity index (χ1v) is 6.59. The van der Waals surface area contributed by atoms with E-state index in [1.807, 2.05) is 0 Å². The molecule has 1 aromatic heterocycles. The molecule has 102 valence electrons. The average Bonchev–Trinajstić information content (AvgIpc) is 2.49. The quantitative estimate of drug-likeness (QED) is 0.847. The summed E-state index contributed by atoms with van der Waals surface area (Å²) in [6, 6.07) is 8.77. The Hall–Kier alpha value is -2.25. The Balaban J connectivity index is 2.28. The van der Waals surface area contributed by atoms with Crippen molar-refractivity contribution in [3.05, 3.63) is 53.6 Å². The van der Waals surface area contributed by atoms with Gasteiger partial charge in [0.05, 0.1) is 5.56 Å². The Kier molecular flexibility index (Phi) is 4.80. The van der Waals surface area contributed by atoms with Gasteiger partial charge in [-0.15, -0.1) is 0 Å². The van der Waals surface area contributed by atoms with E-state index in [1.165, 1.54) is 12.3 Å². The van der Waals surface area contributed by atoms with E-state index in [9.17, 15) is 4.39 Å². The molecule has 3 nitrogen and oxygen atoms in total. The molecule has 1 heterocycles. The summed E-state index contributed by atoms with van der Waals surface area (Å²) in [5.74, 6) is -0.221. The van der Waals surface area contributed by atoms with E-state index in [4.69, 9.17) is 5.26 Å². The van der Waals surface area contributed by atoms with Crippen LogP contribution < -0.4 is 5.32 Å². The van der Waals surface area contributed by atoms with Crippen molar-refractivity contribution in [2.24, 2.45) is 0 Å². The van der Waals surface area contributed by atoms with Crippen molar-refractivity contribution in [2.45, 2.75) is 19.9 Å². The van der Waals surface area contributed by atoms with Gasteiger partial charge >= 0.3 is 0 Å². The molecule has 0 saturated heterocycles. The van der Waals surface area contributed by atoms with Crippen LogP contribution in [0.4, 0.5) is 4.39 Å². The summed E-state index contributed by atoms with van der Waals surface area (Å²) < 4.78 is 13.8. The number of nitriles is 1. The second kappa shape index (κ2) is 6.78. The summed E-state index contributed by atoms with van der Waals surface area (Å²) in [7, 11) is 0. The first-order chi connectivity index (χ1) is 9.74. The lowest BCUT2D eigenvalue weighted by molar-refractivity contribution is 0.587. The van der Waals surface area contributed by atoms with Crippen LogP contribution in [-0.4, -0.2) is 11.5 Å². The predicted molar refractivity (Wildman–Crippen MR) is 76.3 cm³/mol. The highest BCUT2D eigenvalue weighted by Crippen LogP contribution is 2.22. The van der Waals surface area contributed by atoms with E-state index in [1.54, 1.807) is 24.4 Å². The highest BCUT2D eigenvalue weighted by Gasteiger charge is 2.06. The van der Waals surface area contributed by atoms with E-state index in [2.05, 4.69) is 23.3 Å². The van der Waals surface area contributed by atoms with Crippen molar-refractivity contribution in [1.82, 2.24) is 10.3 Å². The molecule has 0 atom stereocenters. The number of hydrogen-bond donors (Lipinski definition) is 1. The fourth-order valence-corrected chi connectivity index (χ4v) is 1.95. The monoisotopic (exact) mass is 269 g/mol. The molecular weight excluding hydrogens is 253 g/mol. The second-order valence-corrected chi connectivity index (χ2v) is 4.56. The molecule has 20 heavy (non-hydrogen) atoms. The topological polar surface area (TPSA) is 48.7 Å². The van der Waals surface area contributed by atoms with E-state index in [0.29, 0.717) is 17.7 Å². The molecule has 0 unspecified atom stereocenters.